The molecule has 3 aromatic rings. The molecule has 0 saturated carbocycles. The Hall–Kier alpha value is -2.46. The molecule has 0 bridgehead atoms. The molecule has 4 rings (SSSR count). The molecule has 0 atom stereocenters. The number of aromatic nitrogens is 3. The Kier molecular flexibility index (Phi) is 5.55. The summed E-state index contributed by atoms with van der Waals surface area (Å²) in [7, 11) is 1.60. The molecular formula is C18H18ClF2N5O2S. The van der Waals surface area contributed by atoms with Crippen LogP contribution in [0.3, 0.4) is 0 Å². The maximum Gasteiger partial charge on any atom is 0.269 e. The van der Waals surface area contributed by atoms with E-state index < -0.39 is 18.5 Å². The summed E-state index contributed by atoms with van der Waals surface area (Å²) in [6.45, 7) is 2.00. The van der Waals surface area contributed by atoms with Crippen LogP contribution in [0.5, 0.6) is 5.75 Å². The van der Waals surface area contributed by atoms with Crippen LogP contribution in [0.25, 0.3) is 10.2 Å². The van der Waals surface area contributed by atoms with E-state index in [0.717, 1.165) is 20.0 Å². The van der Waals surface area contributed by atoms with Gasteiger partial charge in [-0.2, -0.15) is 5.10 Å². The van der Waals surface area contributed by atoms with Gasteiger partial charge < -0.3 is 14.5 Å². The van der Waals surface area contributed by atoms with Crippen molar-refractivity contribution in [2.75, 3.05) is 43.1 Å². The Morgan fingerprint density at radius 1 is 1.24 bits per heavy atom. The molecule has 2 aromatic heterocycles. The van der Waals surface area contributed by atoms with Crippen LogP contribution in [0, 0.1) is 0 Å². The third-order valence-corrected chi connectivity index (χ3v) is 6.33. The topological polar surface area (TPSA) is 63.5 Å². The van der Waals surface area contributed by atoms with E-state index in [0.29, 0.717) is 42.6 Å². The predicted octanol–water partition coefficient (Wildman–Crippen LogP) is 3.11. The van der Waals surface area contributed by atoms with Gasteiger partial charge in [0.2, 0.25) is 0 Å². The molecule has 1 aliphatic rings. The minimum absolute atomic E-state index is 0.530. The van der Waals surface area contributed by atoms with E-state index in [1.165, 1.54) is 23.6 Å². The van der Waals surface area contributed by atoms with Gasteiger partial charge in [0.15, 0.2) is 5.13 Å². The van der Waals surface area contributed by atoms with E-state index in [-0.39, 0.29) is 0 Å². The lowest BCUT2D eigenvalue weighted by molar-refractivity contribution is 0.119. The summed E-state index contributed by atoms with van der Waals surface area (Å²) in [5.41, 5.74) is 0.849. The first-order valence-electron chi connectivity index (χ1n) is 8.94. The molecule has 154 valence electrons. The van der Waals surface area contributed by atoms with Crippen LogP contribution in [-0.2, 0) is 6.54 Å². The Morgan fingerprint density at radius 2 is 1.97 bits per heavy atom. The van der Waals surface area contributed by atoms with Crippen molar-refractivity contribution in [1.29, 1.82) is 0 Å². The van der Waals surface area contributed by atoms with Crippen molar-refractivity contribution in [3.8, 4) is 5.75 Å². The number of ether oxygens (including phenoxy) is 1. The van der Waals surface area contributed by atoms with Gasteiger partial charge in [0.1, 0.15) is 17.8 Å². The fourth-order valence-corrected chi connectivity index (χ4v) is 4.57. The van der Waals surface area contributed by atoms with Crippen LogP contribution in [0.4, 0.5) is 19.6 Å². The van der Waals surface area contributed by atoms with E-state index in [1.807, 2.05) is 4.90 Å². The summed E-state index contributed by atoms with van der Waals surface area (Å²) in [5, 5.41) is 5.35. The maximum atomic E-state index is 12.5. The number of nitrogens with zero attached hydrogens (tertiary/aromatic N) is 5. The van der Waals surface area contributed by atoms with Gasteiger partial charge in [-0.25, -0.2) is 18.4 Å². The molecule has 0 unspecified atom stereocenters. The quantitative estimate of drug-likeness (QED) is 0.606. The van der Waals surface area contributed by atoms with Crippen LogP contribution in [0.2, 0.25) is 5.02 Å². The molecule has 1 aliphatic heterocycles. The Morgan fingerprint density at radius 3 is 2.62 bits per heavy atom. The largest absolute Gasteiger partial charge is 0.494 e. The minimum atomic E-state index is -2.62. The van der Waals surface area contributed by atoms with Crippen molar-refractivity contribution in [3.63, 3.8) is 0 Å². The predicted molar refractivity (Wildman–Crippen MR) is 110 cm³/mol. The summed E-state index contributed by atoms with van der Waals surface area (Å²) < 4.78 is 32.0. The molecule has 29 heavy (non-hydrogen) atoms. The normalized spacial score (nSPS) is 14.8. The number of anilines is 2. The molecule has 7 nitrogen and oxygen atoms in total. The summed E-state index contributed by atoms with van der Waals surface area (Å²) in [5.74, 6) is 0.681. The van der Waals surface area contributed by atoms with Crippen molar-refractivity contribution < 1.29 is 13.5 Å². The van der Waals surface area contributed by atoms with Gasteiger partial charge in [0, 0.05) is 32.2 Å². The number of thiazole rings is 1. The second-order valence-electron chi connectivity index (χ2n) is 6.52. The number of benzene rings is 1. The monoisotopic (exact) mass is 441 g/mol. The lowest BCUT2D eigenvalue weighted by atomic mass is 10.3. The average molecular weight is 442 g/mol. The smallest absolute Gasteiger partial charge is 0.269 e. The molecule has 0 spiro atoms. The number of halogens is 3. The molecule has 0 amide bonds. The molecule has 0 N–H and O–H groups in total. The van der Waals surface area contributed by atoms with Gasteiger partial charge in [0.25, 0.3) is 12.0 Å². The highest BCUT2D eigenvalue weighted by Gasteiger charge is 2.22. The van der Waals surface area contributed by atoms with Crippen molar-refractivity contribution in [2.24, 2.45) is 0 Å². The number of methoxy groups -OCH3 is 1. The highest BCUT2D eigenvalue weighted by atomic mass is 35.5. The van der Waals surface area contributed by atoms with Gasteiger partial charge in [-0.1, -0.05) is 22.9 Å². The van der Waals surface area contributed by atoms with Gasteiger partial charge in [-0.3, -0.25) is 4.79 Å². The van der Waals surface area contributed by atoms with Crippen molar-refractivity contribution in [2.45, 2.75) is 13.0 Å². The highest BCUT2D eigenvalue weighted by Crippen LogP contribution is 2.38. The molecule has 1 fully saturated rings. The first-order valence-corrected chi connectivity index (χ1v) is 10.1. The third-order valence-electron chi connectivity index (χ3n) is 4.75. The van der Waals surface area contributed by atoms with E-state index in [4.69, 9.17) is 21.3 Å². The van der Waals surface area contributed by atoms with Crippen LogP contribution < -0.4 is 20.1 Å². The maximum absolute atomic E-state index is 12.5. The Bertz CT molecular complexity index is 1080. The minimum Gasteiger partial charge on any atom is -0.494 e. The number of piperazine rings is 1. The fraction of sp³-hybridized carbons (Fsp3) is 0.389. The zero-order chi connectivity index (χ0) is 20.5. The number of fused-ring (bicyclic) bond motifs is 1. The van der Waals surface area contributed by atoms with Crippen LogP contribution >= 0.6 is 22.9 Å². The number of rotatable bonds is 5. The van der Waals surface area contributed by atoms with Gasteiger partial charge in [0.05, 0.1) is 28.7 Å². The zero-order valence-corrected chi connectivity index (χ0v) is 17.1. The standard InChI is InChI=1S/C18H18ClF2N5O2S/c1-28-13-3-2-12(19)17-16(13)23-18(29-17)25-6-4-24(5-7-25)11-8-15(27)26(22-9-11)10-14(20)21/h2-3,8-9,14H,4-7,10H2,1H3. The summed E-state index contributed by atoms with van der Waals surface area (Å²) in [6.07, 6.45) is -1.16. The van der Waals surface area contributed by atoms with E-state index >= 15 is 0 Å². The molecule has 0 aliphatic carbocycles. The van der Waals surface area contributed by atoms with Crippen LogP contribution in [0.15, 0.2) is 29.2 Å². The van der Waals surface area contributed by atoms with Gasteiger partial charge >= 0.3 is 0 Å². The lowest BCUT2D eigenvalue weighted by Gasteiger charge is -2.35. The van der Waals surface area contributed by atoms with Gasteiger partial charge in [-0.15, -0.1) is 0 Å². The third kappa shape index (κ3) is 3.99. The first-order chi connectivity index (χ1) is 14.0. The first kappa shape index (κ1) is 19.8. The highest BCUT2D eigenvalue weighted by molar-refractivity contribution is 7.22. The second kappa shape index (κ2) is 8.11. The SMILES string of the molecule is COc1ccc(Cl)c2sc(N3CCN(c4cnn(CC(F)F)c(=O)c4)CC3)nc12. The molecular weight excluding hydrogens is 424 g/mol. The van der Waals surface area contributed by atoms with Gasteiger partial charge in [-0.05, 0) is 12.1 Å². The summed E-state index contributed by atoms with van der Waals surface area (Å²) in [6, 6.07) is 4.95. The van der Waals surface area contributed by atoms with Crippen molar-refractivity contribution in [1.82, 2.24) is 14.8 Å². The van der Waals surface area contributed by atoms with E-state index in [1.54, 1.807) is 19.2 Å². The number of hydrogen-bond acceptors (Lipinski definition) is 7. The molecule has 11 heteroatoms. The molecule has 1 aromatic carbocycles. The average Bonchev–Trinajstić information content (AvgIpc) is 3.16. The summed E-state index contributed by atoms with van der Waals surface area (Å²) in [4.78, 5) is 20.9. The summed E-state index contributed by atoms with van der Waals surface area (Å²) >= 11 is 7.82. The Balaban J connectivity index is 1.49. The molecule has 0 radical (unpaired) electrons. The number of alkyl halides is 2. The van der Waals surface area contributed by atoms with E-state index in [2.05, 4.69) is 10.00 Å². The second-order valence-corrected chi connectivity index (χ2v) is 7.91. The molecule has 3 heterocycles. The van der Waals surface area contributed by atoms with Crippen LogP contribution in [0.1, 0.15) is 0 Å². The van der Waals surface area contributed by atoms with Crippen molar-refractivity contribution >= 4 is 44.0 Å². The lowest BCUT2D eigenvalue weighted by Crippen LogP contribution is -2.47. The molecule has 1 saturated heterocycles. The zero-order valence-electron chi connectivity index (χ0n) is 15.5. The number of hydrogen-bond donors (Lipinski definition) is 0. The van der Waals surface area contributed by atoms with Crippen LogP contribution in [-0.4, -0.2) is 54.5 Å². The van der Waals surface area contributed by atoms with Crippen molar-refractivity contribution in [3.05, 3.63) is 39.8 Å². The van der Waals surface area contributed by atoms with E-state index in [9.17, 15) is 13.6 Å². The Labute approximate surface area is 174 Å². The fourth-order valence-electron chi connectivity index (χ4n) is 3.26.